The fourth-order valence-corrected chi connectivity index (χ4v) is 3.05. The van der Waals surface area contributed by atoms with Gasteiger partial charge in [0.25, 0.3) is 0 Å². The number of aromatic nitrogens is 4. The predicted octanol–water partition coefficient (Wildman–Crippen LogP) is 5.00. The van der Waals surface area contributed by atoms with Crippen LogP contribution >= 0.6 is 0 Å². The van der Waals surface area contributed by atoms with Crippen LogP contribution < -0.4 is 5.32 Å². The minimum absolute atomic E-state index is 0.0722. The van der Waals surface area contributed by atoms with Crippen LogP contribution in [-0.2, 0) is 0 Å². The lowest BCUT2D eigenvalue weighted by molar-refractivity contribution is 0.626. The number of rotatable bonds is 4. The molecule has 2 aromatic carbocycles. The Morgan fingerprint density at radius 2 is 1.78 bits per heavy atom. The van der Waals surface area contributed by atoms with Crippen molar-refractivity contribution in [3.8, 4) is 0 Å². The summed E-state index contributed by atoms with van der Waals surface area (Å²) < 4.78 is 13.3. The molecule has 5 nitrogen and oxygen atoms in total. The van der Waals surface area contributed by atoms with Crippen molar-refractivity contribution < 1.29 is 4.39 Å². The summed E-state index contributed by atoms with van der Waals surface area (Å²) in [6.07, 6.45) is 0. The molecule has 1 unspecified atom stereocenters. The summed E-state index contributed by atoms with van der Waals surface area (Å²) in [6.45, 7) is 6.00. The van der Waals surface area contributed by atoms with Crippen LogP contribution in [0.2, 0.25) is 0 Å². The van der Waals surface area contributed by atoms with E-state index < -0.39 is 0 Å². The lowest BCUT2D eigenvalue weighted by Gasteiger charge is -2.15. The molecule has 6 heteroatoms. The van der Waals surface area contributed by atoms with Gasteiger partial charge in [-0.3, -0.25) is 5.10 Å². The lowest BCUT2D eigenvalue weighted by atomic mass is 10.00. The maximum absolute atomic E-state index is 13.3. The first-order valence-electron chi connectivity index (χ1n) is 8.82. The van der Waals surface area contributed by atoms with Crippen LogP contribution in [-0.4, -0.2) is 20.2 Å². The fraction of sp³-hybridized carbons (Fsp3) is 0.190. The molecule has 0 aliphatic heterocycles. The first-order valence-corrected chi connectivity index (χ1v) is 8.82. The van der Waals surface area contributed by atoms with Gasteiger partial charge >= 0.3 is 0 Å². The van der Waals surface area contributed by atoms with Crippen LogP contribution in [0.4, 0.5) is 16.0 Å². The third-order valence-corrected chi connectivity index (χ3v) is 4.58. The zero-order valence-corrected chi connectivity index (χ0v) is 15.4. The number of nitrogens with zero attached hydrogens (tertiary/aromatic N) is 3. The summed E-state index contributed by atoms with van der Waals surface area (Å²) in [5.41, 5.74) is 3.92. The topological polar surface area (TPSA) is 66.5 Å². The molecule has 0 saturated carbocycles. The van der Waals surface area contributed by atoms with Gasteiger partial charge < -0.3 is 5.32 Å². The van der Waals surface area contributed by atoms with Crippen LogP contribution in [0.3, 0.4) is 0 Å². The highest BCUT2D eigenvalue weighted by Crippen LogP contribution is 2.29. The molecule has 0 aliphatic rings. The van der Waals surface area contributed by atoms with E-state index in [1.54, 1.807) is 12.1 Å². The van der Waals surface area contributed by atoms with Gasteiger partial charge in [0.15, 0.2) is 5.82 Å². The van der Waals surface area contributed by atoms with E-state index in [-0.39, 0.29) is 11.7 Å². The number of aromatic amines is 1. The highest BCUT2D eigenvalue weighted by atomic mass is 19.1. The molecular weight excluding hydrogens is 341 g/mol. The number of fused-ring (bicyclic) bond motifs is 1. The Hall–Kier alpha value is -3.28. The van der Waals surface area contributed by atoms with Crippen molar-refractivity contribution in [2.75, 3.05) is 5.32 Å². The number of hydrogen-bond donors (Lipinski definition) is 2. The second kappa shape index (κ2) is 6.79. The maximum atomic E-state index is 13.3. The molecule has 1 atom stereocenters. The van der Waals surface area contributed by atoms with Gasteiger partial charge in [-0.15, -0.1) is 0 Å². The molecule has 2 aromatic heterocycles. The van der Waals surface area contributed by atoms with Gasteiger partial charge in [-0.2, -0.15) is 5.10 Å². The third-order valence-electron chi connectivity index (χ3n) is 4.58. The normalized spacial score (nSPS) is 12.3. The first kappa shape index (κ1) is 17.1. The van der Waals surface area contributed by atoms with Gasteiger partial charge in [0.05, 0.1) is 5.52 Å². The molecule has 0 spiro atoms. The largest absolute Gasteiger partial charge is 0.323 e. The van der Waals surface area contributed by atoms with Crippen LogP contribution in [0.1, 0.15) is 35.5 Å². The number of nitrogens with one attached hydrogen (secondary N) is 2. The molecule has 2 heterocycles. The Balaban J connectivity index is 1.81. The van der Waals surface area contributed by atoms with E-state index in [0.29, 0.717) is 17.5 Å². The molecule has 0 aliphatic carbocycles. The lowest BCUT2D eigenvalue weighted by Crippen LogP contribution is -2.06. The van der Waals surface area contributed by atoms with Crippen molar-refractivity contribution in [3.05, 3.63) is 77.0 Å². The van der Waals surface area contributed by atoms with E-state index in [0.717, 1.165) is 27.7 Å². The van der Waals surface area contributed by atoms with E-state index in [1.807, 2.05) is 45.0 Å². The summed E-state index contributed by atoms with van der Waals surface area (Å²) in [6, 6.07) is 14.5. The quantitative estimate of drug-likeness (QED) is 0.536. The molecule has 27 heavy (non-hydrogen) atoms. The van der Waals surface area contributed by atoms with Crippen molar-refractivity contribution >= 4 is 22.5 Å². The highest BCUT2D eigenvalue weighted by Gasteiger charge is 2.16. The molecular formula is C21H20FN5. The van der Waals surface area contributed by atoms with Crippen molar-refractivity contribution in [3.63, 3.8) is 0 Å². The smallest absolute Gasteiger partial charge is 0.153 e. The van der Waals surface area contributed by atoms with Crippen molar-refractivity contribution in [2.24, 2.45) is 0 Å². The number of aryl methyl sites for hydroxylation is 2. The summed E-state index contributed by atoms with van der Waals surface area (Å²) in [5.74, 6) is 1.76. The fourth-order valence-electron chi connectivity index (χ4n) is 3.05. The van der Waals surface area contributed by atoms with E-state index in [9.17, 15) is 4.39 Å². The molecule has 2 N–H and O–H groups in total. The second-order valence-corrected chi connectivity index (χ2v) is 6.79. The average molecular weight is 361 g/mol. The SMILES string of the molecule is Cc1ccc2c(Nc3cc(C)[nH]n3)nc(C(C)c3ccc(F)cc3)nc2c1. The second-order valence-electron chi connectivity index (χ2n) is 6.79. The minimum atomic E-state index is -0.253. The van der Waals surface area contributed by atoms with Crippen LogP contribution in [0.25, 0.3) is 10.9 Å². The Morgan fingerprint density at radius 1 is 1.00 bits per heavy atom. The van der Waals surface area contributed by atoms with Gasteiger partial charge in [-0.25, -0.2) is 14.4 Å². The van der Waals surface area contributed by atoms with Gasteiger partial charge in [0, 0.05) is 23.1 Å². The van der Waals surface area contributed by atoms with Crippen molar-refractivity contribution in [1.29, 1.82) is 0 Å². The number of hydrogen-bond acceptors (Lipinski definition) is 4. The standard InChI is InChI=1S/C21H20FN5/c1-12-4-9-17-18(10-12)23-20(14(3)15-5-7-16(22)8-6-15)25-21(17)24-19-11-13(2)26-27-19/h4-11,14H,1-3H3,(H2,23,24,25,26,27). The Labute approximate surface area is 156 Å². The average Bonchev–Trinajstić information content (AvgIpc) is 3.06. The van der Waals surface area contributed by atoms with Crippen LogP contribution in [0, 0.1) is 19.7 Å². The monoisotopic (exact) mass is 361 g/mol. The maximum Gasteiger partial charge on any atom is 0.153 e. The Kier molecular flexibility index (Phi) is 4.32. The van der Waals surface area contributed by atoms with E-state index >= 15 is 0 Å². The summed E-state index contributed by atoms with van der Waals surface area (Å²) in [7, 11) is 0. The molecule has 4 aromatic rings. The summed E-state index contributed by atoms with van der Waals surface area (Å²) in [4.78, 5) is 9.53. The van der Waals surface area contributed by atoms with Gasteiger partial charge in [0.2, 0.25) is 0 Å². The van der Waals surface area contributed by atoms with Crippen LogP contribution in [0.15, 0.2) is 48.5 Å². The van der Waals surface area contributed by atoms with Crippen molar-refractivity contribution in [2.45, 2.75) is 26.7 Å². The van der Waals surface area contributed by atoms with Gasteiger partial charge in [0.1, 0.15) is 17.5 Å². The van der Waals surface area contributed by atoms with Crippen molar-refractivity contribution in [1.82, 2.24) is 20.2 Å². The van der Waals surface area contributed by atoms with Gasteiger partial charge in [-0.1, -0.05) is 25.1 Å². The molecule has 0 amide bonds. The van der Waals surface area contributed by atoms with Crippen LogP contribution in [0.5, 0.6) is 0 Å². The highest BCUT2D eigenvalue weighted by molar-refractivity contribution is 5.91. The number of benzene rings is 2. The molecule has 0 fully saturated rings. The van der Waals surface area contributed by atoms with Gasteiger partial charge in [-0.05, 0) is 49.2 Å². The number of halogens is 1. The zero-order chi connectivity index (χ0) is 19.0. The zero-order valence-electron chi connectivity index (χ0n) is 15.4. The molecule has 0 saturated heterocycles. The van der Waals surface area contributed by atoms with E-state index in [1.165, 1.54) is 12.1 Å². The predicted molar refractivity (Wildman–Crippen MR) is 105 cm³/mol. The number of H-pyrrole nitrogens is 1. The van der Waals surface area contributed by atoms with E-state index in [4.69, 9.17) is 9.97 Å². The molecule has 136 valence electrons. The molecule has 4 rings (SSSR count). The summed E-state index contributed by atoms with van der Waals surface area (Å²) in [5, 5.41) is 11.4. The van der Waals surface area contributed by atoms with E-state index in [2.05, 4.69) is 15.5 Å². The first-order chi connectivity index (χ1) is 13.0. The molecule has 0 radical (unpaired) electrons. The Bertz CT molecular complexity index is 1100. The summed E-state index contributed by atoms with van der Waals surface area (Å²) >= 11 is 0. The number of anilines is 2. The minimum Gasteiger partial charge on any atom is -0.323 e. The Morgan fingerprint density at radius 3 is 2.48 bits per heavy atom. The molecule has 0 bridgehead atoms. The third kappa shape index (κ3) is 3.51.